The number of carbonyl (C=O) groups is 2. The lowest BCUT2D eigenvalue weighted by atomic mass is 10.3. The van der Waals surface area contributed by atoms with E-state index < -0.39 is 11.8 Å². The Bertz CT molecular complexity index is 439. The van der Waals surface area contributed by atoms with Crippen LogP contribution in [0.25, 0.3) is 0 Å². The number of carboxylic acid groups (broad SMARTS) is 1. The van der Waals surface area contributed by atoms with E-state index in [9.17, 15) is 14.0 Å². The Morgan fingerprint density at radius 1 is 1.39 bits per heavy atom. The number of amides is 1. The van der Waals surface area contributed by atoms with Gasteiger partial charge in [-0.15, -0.1) is 11.8 Å². The molecule has 0 aromatic heterocycles. The molecule has 0 atom stereocenters. The van der Waals surface area contributed by atoms with Crippen LogP contribution in [0.3, 0.4) is 0 Å². The monoisotopic (exact) mass is 271 g/mol. The molecule has 0 fully saturated rings. The average Bonchev–Trinajstić information content (AvgIpc) is 2.29. The topological polar surface area (TPSA) is 57.6 Å². The molecule has 1 rings (SSSR count). The lowest BCUT2D eigenvalue weighted by Crippen LogP contribution is -2.32. The average molecular weight is 271 g/mol. The number of thioether (sulfide) groups is 1. The van der Waals surface area contributed by atoms with Crippen molar-refractivity contribution >= 4 is 29.3 Å². The Morgan fingerprint density at radius 2 is 2.11 bits per heavy atom. The minimum atomic E-state index is -0.957. The number of nitrogens with zero attached hydrogens (tertiary/aromatic N) is 1. The first-order valence-corrected chi connectivity index (χ1v) is 6.55. The van der Waals surface area contributed by atoms with E-state index in [0.717, 1.165) is 11.8 Å². The zero-order valence-electron chi connectivity index (χ0n) is 9.93. The van der Waals surface area contributed by atoms with Crippen LogP contribution in [0.2, 0.25) is 0 Å². The van der Waals surface area contributed by atoms with Gasteiger partial charge in [-0.1, -0.05) is 6.07 Å². The molecule has 0 aliphatic heterocycles. The van der Waals surface area contributed by atoms with Crippen LogP contribution in [0.15, 0.2) is 24.3 Å². The van der Waals surface area contributed by atoms with Crippen LogP contribution in [0.5, 0.6) is 0 Å². The maximum absolute atomic E-state index is 13.1. The van der Waals surface area contributed by atoms with E-state index in [1.165, 1.54) is 23.1 Å². The van der Waals surface area contributed by atoms with Crippen molar-refractivity contribution in [3.63, 3.8) is 0 Å². The third kappa shape index (κ3) is 4.37. The highest BCUT2D eigenvalue weighted by molar-refractivity contribution is 8.00. The predicted octanol–water partition coefficient (Wildman–Crippen LogP) is 2.00. The van der Waals surface area contributed by atoms with E-state index >= 15 is 0 Å². The first-order chi connectivity index (χ1) is 8.54. The first-order valence-electron chi connectivity index (χ1n) is 5.40. The van der Waals surface area contributed by atoms with Crippen molar-refractivity contribution in [2.24, 2.45) is 0 Å². The maximum Gasteiger partial charge on any atom is 0.313 e. The van der Waals surface area contributed by atoms with Crippen molar-refractivity contribution in [2.45, 2.75) is 6.92 Å². The van der Waals surface area contributed by atoms with E-state index in [4.69, 9.17) is 5.11 Å². The highest BCUT2D eigenvalue weighted by Gasteiger charge is 2.14. The molecule has 98 valence electrons. The maximum atomic E-state index is 13.1. The number of anilines is 1. The summed E-state index contributed by atoms with van der Waals surface area (Å²) in [5, 5.41) is 8.48. The minimum Gasteiger partial charge on any atom is -0.481 e. The van der Waals surface area contributed by atoms with Crippen LogP contribution >= 0.6 is 11.8 Å². The summed E-state index contributed by atoms with van der Waals surface area (Å²) in [6, 6.07) is 5.77. The molecule has 0 saturated carbocycles. The molecule has 1 aromatic rings. The molecule has 1 amide bonds. The van der Waals surface area contributed by atoms with Crippen LogP contribution in [-0.2, 0) is 9.59 Å². The van der Waals surface area contributed by atoms with Gasteiger partial charge in [0.2, 0.25) is 5.91 Å². The smallest absolute Gasteiger partial charge is 0.313 e. The third-order valence-corrected chi connectivity index (χ3v) is 3.09. The van der Waals surface area contributed by atoms with Gasteiger partial charge in [-0.25, -0.2) is 4.39 Å². The standard InChI is InChI=1S/C12H14FNO3S/c1-2-14(10-5-3-4-9(13)6-10)11(15)7-18-8-12(16)17/h3-6H,2,7-8H2,1H3,(H,16,17). The largest absolute Gasteiger partial charge is 0.481 e. The fraction of sp³-hybridized carbons (Fsp3) is 0.333. The Hall–Kier alpha value is -1.56. The van der Waals surface area contributed by atoms with Gasteiger partial charge in [-0.2, -0.15) is 0 Å². The molecule has 1 N–H and O–H groups in total. The second-order valence-corrected chi connectivity index (χ2v) is 4.49. The molecule has 1 aromatic carbocycles. The summed E-state index contributed by atoms with van der Waals surface area (Å²) in [6.07, 6.45) is 0. The molecule has 6 heteroatoms. The number of rotatable bonds is 6. The van der Waals surface area contributed by atoms with Crippen molar-refractivity contribution in [1.29, 1.82) is 0 Å². The number of carboxylic acids is 1. The number of benzene rings is 1. The second kappa shape index (κ2) is 7.00. The van der Waals surface area contributed by atoms with Gasteiger partial charge in [0.15, 0.2) is 0 Å². The molecule has 0 aliphatic carbocycles. The number of hydrogen-bond acceptors (Lipinski definition) is 3. The Balaban J connectivity index is 2.65. The normalized spacial score (nSPS) is 10.1. The number of aliphatic carboxylic acids is 1. The highest BCUT2D eigenvalue weighted by Crippen LogP contribution is 2.16. The molecule has 0 heterocycles. The molecule has 0 aliphatic rings. The van der Waals surface area contributed by atoms with E-state index in [2.05, 4.69) is 0 Å². The number of hydrogen-bond donors (Lipinski definition) is 1. The summed E-state index contributed by atoms with van der Waals surface area (Å²) in [4.78, 5) is 23.6. The van der Waals surface area contributed by atoms with Crippen LogP contribution < -0.4 is 4.90 Å². The molecule has 18 heavy (non-hydrogen) atoms. The minimum absolute atomic E-state index is 0.0661. The Kier molecular flexibility index (Phi) is 5.64. The fourth-order valence-electron chi connectivity index (χ4n) is 1.45. The van der Waals surface area contributed by atoms with Crippen molar-refractivity contribution in [3.05, 3.63) is 30.1 Å². The second-order valence-electron chi connectivity index (χ2n) is 3.50. The molecule has 0 bridgehead atoms. The van der Waals surface area contributed by atoms with E-state index in [0.29, 0.717) is 12.2 Å². The van der Waals surface area contributed by atoms with Gasteiger partial charge in [-0.05, 0) is 25.1 Å². The van der Waals surface area contributed by atoms with Crippen LogP contribution in [0.4, 0.5) is 10.1 Å². The molecule has 0 unspecified atom stereocenters. The van der Waals surface area contributed by atoms with E-state index in [1.807, 2.05) is 0 Å². The zero-order chi connectivity index (χ0) is 13.5. The summed E-state index contributed by atoms with van der Waals surface area (Å²) in [5.74, 6) is -1.64. The summed E-state index contributed by atoms with van der Waals surface area (Å²) >= 11 is 1.03. The quantitative estimate of drug-likeness (QED) is 0.859. The number of carbonyl (C=O) groups excluding carboxylic acids is 1. The molecule has 4 nitrogen and oxygen atoms in total. The molecule has 0 spiro atoms. The summed E-state index contributed by atoms with van der Waals surface area (Å²) in [7, 11) is 0. The van der Waals surface area contributed by atoms with Crippen molar-refractivity contribution in [3.8, 4) is 0 Å². The van der Waals surface area contributed by atoms with Gasteiger partial charge in [-0.3, -0.25) is 9.59 Å². The van der Waals surface area contributed by atoms with Crippen molar-refractivity contribution in [1.82, 2.24) is 0 Å². The summed E-state index contributed by atoms with van der Waals surface area (Å²) < 4.78 is 13.1. The van der Waals surface area contributed by atoms with Crippen LogP contribution in [-0.4, -0.2) is 35.0 Å². The van der Waals surface area contributed by atoms with Crippen molar-refractivity contribution in [2.75, 3.05) is 23.0 Å². The van der Waals surface area contributed by atoms with Gasteiger partial charge in [0.05, 0.1) is 11.5 Å². The predicted molar refractivity (Wildman–Crippen MR) is 69.4 cm³/mol. The summed E-state index contributed by atoms with van der Waals surface area (Å²) in [5.41, 5.74) is 0.485. The molecular weight excluding hydrogens is 257 g/mol. The van der Waals surface area contributed by atoms with Crippen LogP contribution in [0.1, 0.15) is 6.92 Å². The Labute approximate surface area is 109 Å². The van der Waals surface area contributed by atoms with Gasteiger partial charge >= 0.3 is 5.97 Å². The lowest BCUT2D eigenvalue weighted by molar-refractivity contribution is -0.133. The Morgan fingerprint density at radius 3 is 2.67 bits per heavy atom. The molecule has 0 saturated heterocycles. The van der Waals surface area contributed by atoms with Gasteiger partial charge in [0, 0.05) is 12.2 Å². The molecular formula is C12H14FNO3S. The number of halogens is 1. The first kappa shape index (κ1) is 14.5. The van der Waals surface area contributed by atoms with Crippen LogP contribution in [0, 0.1) is 5.82 Å². The summed E-state index contributed by atoms with van der Waals surface area (Å²) in [6.45, 7) is 2.20. The third-order valence-electron chi connectivity index (χ3n) is 2.19. The van der Waals surface area contributed by atoms with Gasteiger partial charge in [0.25, 0.3) is 0 Å². The van der Waals surface area contributed by atoms with Crippen molar-refractivity contribution < 1.29 is 19.1 Å². The van der Waals surface area contributed by atoms with Gasteiger partial charge in [0.1, 0.15) is 5.82 Å². The lowest BCUT2D eigenvalue weighted by Gasteiger charge is -2.20. The van der Waals surface area contributed by atoms with E-state index in [1.54, 1.807) is 13.0 Å². The highest BCUT2D eigenvalue weighted by atomic mass is 32.2. The van der Waals surface area contributed by atoms with Gasteiger partial charge < -0.3 is 10.0 Å². The zero-order valence-corrected chi connectivity index (χ0v) is 10.7. The van der Waals surface area contributed by atoms with E-state index in [-0.39, 0.29) is 17.4 Å². The SMILES string of the molecule is CCN(C(=O)CSCC(=O)O)c1cccc(F)c1. The fourth-order valence-corrected chi connectivity index (χ4v) is 2.06. The molecule has 0 radical (unpaired) electrons.